The highest BCUT2D eigenvalue weighted by Gasteiger charge is 2.19. The summed E-state index contributed by atoms with van der Waals surface area (Å²) in [4.78, 5) is 7.96. The zero-order valence-corrected chi connectivity index (χ0v) is 11.8. The molecule has 0 aliphatic rings. The fraction of sp³-hybridized carbons (Fsp3) is 0.273. The maximum absolute atomic E-state index is 12.1. The average molecular weight is 296 g/mol. The number of hydrogen-bond donors (Lipinski definition) is 3. The zero-order chi connectivity index (χ0) is 14.6. The first kappa shape index (κ1) is 14.4. The van der Waals surface area contributed by atoms with Gasteiger partial charge in [0, 0.05) is 38.6 Å². The van der Waals surface area contributed by atoms with E-state index < -0.39 is 10.0 Å². The molecule has 0 saturated heterocycles. The summed E-state index contributed by atoms with van der Waals surface area (Å²) >= 11 is 0. The van der Waals surface area contributed by atoms with Crippen LogP contribution in [0.1, 0.15) is 5.82 Å². The number of imidazole rings is 1. The van der Waals surface area contributed by atoms with Gasteiger partial charge in [0.15, 0.2) is 5.03 Å². The summed E-state index contributed by atoms with van der Waals surface area (Å²) in [6.07, 6.45) is 5.35. The molecule has 4 N–H and O–H groups in total. The number of nitrogens with one attached hydrogen (secondary N) is 2. The van der Waals surface area contributed by atoms with Crippen LogP contribution in [0, 0.1) is 0 Å². The predicted molar refractivity (Wildman–Crippen MR) is 74.1 cm³/mol. The zero-order valence-electron chi connectivity index (χ0n) is 10.9. The van der Waals surface area contributed by atoms with Crippen molar-refractivity contribution in [2.75, 3.05) is 12.0 Å². The molecule has 0 fully saturated rings. The first-order valence-corrected chi connectivity index (χ1v) is 7.40. The van der Waals surface area contributed by atoms with Gasteiger partial charge in [-0.15, -0.1) is 0 Å². The highest BCUT2D eigenvalue weighted by molar-refractivity contribution is 7.89. The van der Waals surface area contributed by atoms with E-state index >= 15 is 0 Å². The van der Waals surface area contributed by atoms with Gasteiger partial charge in [-0.05, 0) is 12.1 Å². The Hall–Kier alpha value is -1.97. The van der Waals surface area contributed by atoms with Gasteiger partial charge in [-0.2, -0.15) is 0 Å². The van der Waals surface area contributed by atoms with Crippen molar-refractivity contribution < 1.29 is 8.42 Å². The van der Waals surface area contributed by atoms with Gasteiger partial charge < -0.3 is 9.99 Å². The summed E-state index contributed by atoms with van der Waals surface area (Å²) in [5.41, 5.74) is 2.56. The first-order chi connectivity index (χ1) is 9.54. The number of rotatable bonds is 6. The van der Waals surface area contributed by atoms with E-state index in [4.69, 9.17) is 5.84 Å². The Morgan fingerprint density at radius 3 is 2.80 bits per heavy atom. The highest BCUT2D eigenvalue weighted by atomic mass is 32.2. The van der Waals surface area contributed by atoms with E-state index in [2.05, 4.69) is 20.1 Å². The van der Waals surface area contributed by atoms with Crippen LogP contribution >= 0.6 is 0 Å². The number of pyridine rings is 1. The van der Waals surface area contributed by atoms with Crippen LogP contribution in [0.2, 0.25) is 0 Å². The smallest absolute Gasteiger partial charge is 0.260 e. The molecular weight excluding hydrogens is 280 g/mol. The van der Waals surface area contributed by atoms with Crippen molar-refractivity contribution in [3.8, 4) is 0 Å². The molecular formula is C11H16N6O2S. The summed E-state index contributed by atoms with van der Waals surface area (Å²) in [6, 6.07) is 3.14. The summed E-state index contributed by atoms with van der Waals surface area (Å²) in [6.45, 7) is 0.230. The number of aromatic nitrogens is 3. The Kier molecular flexibility index (Phi) is 4.32. The van der Waals surface area contributed by atoms with Gasteiger partial charge in [-0.25, -0.2) is 23.1 Å². The Morgan fingerprint density at radius 2 is 2.15 bits per heavy atom. The summed E-state index contributed by atoms with van der Waals surface area (Å²) in [5.74, 6) is 6.07. The predicted octanol–water partition coefficient (Wildman–Crippen LogP) is -0.378. The third kappa shape index (κ3) is 3.13. The molecule has 0 aromatic carbocycles. The van der Waals surface area contributed by atoms with Crippen LogP contribution < -0.4 is 16.0 Å². The maximum atomic E-state index is 12.1. The van der Waals surface area contributed by atoms with E-state index in [0.29, 0.717) is 6.42 Å². The summed E-state index contributed by atoms with van der Waals surface area (Å²) in [5, 5.41) is -0.123. The molecule has 0 spiro atoms. The molecule has 0 bridgehead atoms. The number of nitrogen functional groups attached to an aromatic ring is 1. The quantitative estimate of drug-likeness (QED) is 0.494. The van der Waals surface area contributed by atoms with E-state index in [1.54, 1.807) is 24.5 Å². The van der Waals surface area contributed by atoms with Crippen molar-refractivity contribution in [3.63, 3.8) is 0 Å². The Morgan fingerprint density at radius 1 is 1.35 bits per heavy atom. The number of hydrazine groups is 1. The number of hydrogen-bond acceptors (Lipinski definition) is 6. The maximum Gasteiger partial charge on any atom is 0.260 e. The van der Waals surface area contributed by atoms with Crippen molar-refractivity contribution in [2.24, 2.45) is 12.9 Å². The molecule has 0 radical (unpaired) electrons. The molecule has 0 amide bonds. The van der Waals surface area contributed by atoms with Gasteiger partial charge in [0.2, 0.25) is 0 Å². The van der Waals surface area contributed by atoms with E-state index in [1.807, 2.05) is 11.6 Å². The van der Waals surface area contributed by atoms with Gasteiger partial charge in [-0.3, -0.25) is 5.84 Å². The van der Waals surface area contributed by atoms with Crippen LogP contribution in [0.15, 0.2) is 35.7 Å². The van der Waals surface area contributed by atoms with Crippen LogP contribution in [0.25, 0.3) is 0 Å². The lowest BCUT2D eigenvalue weighted by molar-refractivity contribution is 0.576. The summed E-state index contributed by atoms with van der Waals surface area (Å²) in [7, 11) is -1.86. The molecule has 2 aromatic rings. The number of nitrogens with two attached hydrogens (primary N) is 1. The van der Waals surface area contributed by atoms with Crippen LogP contribution in [0.5, 0.6) is 0 Å². The second kappa shape index (κ2) is 5.99. The second-order valence-corrected chi connectivity index (χ2v) is 5.78. The van der Waals surface area contributed by atoms with Crippen molar-refractivity contribution in [2.45, 2.75) is 11.4 Å². The van der Waals surface area contributed by atoms with Crippen LogP contribution in [0.4, 0.5) is 5.69 Å². The molecule has 8 nitrogen and oxygen atoms in total. The minimum atomic E-state index is -3.71. The minimum Gasteiger partial charge on any atom is -0.338 e. The van der Waals surface area contributed by atoms with Gasteiger partial charge in [-0.1, -0.05) is 0 Å². The molecule has 20 heavy (non-hydrogen) atoms. The largest absolute Gasteiger partial charge is 0.338 e. The molecule has 0 saturated carbocycles. The SMILES string of the molecule is Cn1ccnc1CCNS(=O)(=O)c1ncccc1NN. The van der Waals surface area contributed by atoms with Gasteiger partial charge in [0.05, 0.1) is 5.69 Å². The molecule has 9 heteroatoms. The van der Waals surface area contributed by atoms with E-state index in [1.165, 1.54) is 6.20 Å². The van der Waals surface area contributed by atoms with E-state index in [-0.39, 0.29) is 17.3 Å². The van der Waals surface area contributed by atoms with Crippen molar-refractivity contribution in [1.29, 1.82) is 0 Å². The molecule has 2 heterocycles. The molecule has 0 unspecified atom stereocenters. The second-order valence-electron chi connectivity index (χ2n) is 4.10. The molecule has 2 rings (SSSR count). The lowest BCUT2D eigenvalue weighted by Crippen LogP contribution is -2.28. The summed E-state index contributed by atoms with van der Waals surface area (Å²) < 4.78 is 28.6. The van der Waals surface area contributed by atoms with Gasteiger partial charge in [0.25, 0.3) is 10.0 Å². The lowest BCUT2D eigenvalue weighted by atomic mass is 10.4. The standard InChI is InChI=1S/C11H16N6O2S/c1-17-8-7-13-10(17)4-6-15-20(18,19)11-9(16-12)3-2-5-14-11/h2-3,5,7-8,15-16H,4,6,12H2,1H3. The monoisotopic (exact) mass is 296 g/mol. The third-order valence-corrected chi connectivity index (χ3v) is 4.16. The molecule has 2 aromatic heterocycles. The normalized spacial score (nSPS) is 11.5. The van der Waals surface area contributed by atoms with E-state index in [9.17, 15) is 8.42 Å². The molecule has 0 atom stereocenters. The molecule has 108 valence electrons. The van der Waals surface area contributed by atoms with Crippen molar-refractivity contribution >= 4 is 15.7 Å². The fourth-order valence-electron chi connectivity index (χ4n) is 1.72. The number of anilines is 1. The van der Waals surface area contributed by atoms with Crippen molar-refractivity contribution in [3.05, 3.63) is 36.5 Å². The van der Waals surface area contributed by atoms with Gasteiger partial charge >= 0.3 is 0 Å². The molecule has 0 aliphatic carbocycles. The van der Waals surface area contributed by atoms with E-state index in [0.717, 1.165) is 5.82 Å². The average Bonchev–Trinajstić information content (AvgIpc) is 2.84. The third-order valence-electron chi connectivity index (χ3n) is 2.74. The topological polar surface area (TPSA) is 115 Å². The number of aryl methyl sites for hydroxylation is 1. The number of nitrogens with zero attached hydrogens (tertiary/aromatic N) is 3. The first-order valence-electron chi connectivity index (χ1n) is 5.92. The van der Waals surface area contributed by atoms with Gasteiger partial charge in [0.1, 0.15) is 5.82 Å². The van der Waals surface area contributed by atoms with Crippen LogP contribution in [0.3, 0.4) is 0 Å². The number of sulfonamides is 1. The molecule has 0 aliphatic heterocycles. The highest BCUT2D eigenvalue weighted by Crippen LogP contribution is 2.16. The Bertz CT molecular complexity index is 682. The Balaban J connectivity index is 2.06. The fourth-order valence-corrected chi connectivity index (χ4v) is 2.84. The Labute approximate surface area is 117 Å². The van der Waals surface area contributed by atoms with Crippen molar-refractivity contribution in [1.82, 2.24) is 19.3 Å². The lowest BCUT2D eigenvalue weighted by Gasteiger charge is -2.09. The van der Waals surface area contributed by atoms with Crippen LogP contribution in [-0.2, 0) is 23.5 Å². The van der Waals surface area contributed by atoms with Crippen LogP contribution in [-0.4, -0.2) is 29.5 Å². The minimum absolute atomic E-state index is 0.123.